The van der Waals surface area contributed by atoms with Gasteiger partial charge in [0.05, 0.1) is 11.7 Å². The van der Waals surface area contributed by atoms with Crippen molar-refractivity contribution < 1.29 is 9.53 Å². The second-order valence-corrected chi connectivity index (χ2v) is 9.56. The fraction of sp³-hybridized carbons (Fsp3) is 0.179. The molecule has 7 nitrogen and oxygen atoms in total. The van der Waals surface area contributed by atoms with E-state index in [4.69, 9.17) is 28.6 Å². The van der Waals surface area contributed by atoms with E-state index in [1.807, 2.05) is 73.8 Å². The number of aromatic nitrogens is 2. The molecule has 0 radical (unpaired) electrons. The second-order valence-electron chi connectivity index (χ2n) is 8.76. The Morgan fingerprint density at radius 3 is 2.59 bits per heavy atom. The van der Waals surface area contributed by atoms with E-state index in [1.54, 1.807) is 6.20 Å². The first-order chi connectivity index (χ1) is 18.0. The van der Waals surface area contributed by atoms with Gasteiger partial charge >= 0.3 is 0 Å². The van der Waals surface area contributed by atoms with E-state index in [2.05, 4.69) is 37.2 Å². The maximum atomic E-state index is 11.9. The van der Waals surface area contributed by atoms with E-state index in [0.717, 1.165) is 33.3 Å². The second kappa shape index (κ2) is 10.7. The highest BCUT2D eigenvalue weighted by molar-refractivity contribution is 7.80. The van der Waals surface area contributed by atoms with Gasteiger partial charge in [0.25, 0.3) is 0 Å². The van der Waals surface area contributed by atoms with Gasteiger partial charge in [0, 0.05) is 47.3 Å². The number of anilines is 2. The summed E-state index contributed by atoms with van der Waals surface area (Å²) in [6.07, 6.45) is 3.83. The third kappa shape index (κ3) is 5.09. The Morgan fingerprint density at radius 2 is 1.89 bits per heavy atom. The van der Waals surface area contributed by atoms with Crippen molar-refractivity contribution in [2.75, 3.05) is 23.9 Å². The summed E-state index contributed by atoms with van der Waals surface area (Å²) >= 11 is 12.2. The smallest absolute Gasteiger partial charge is 0.250 e. The van der Waals surface area contributed by atoms with Crippen LogP contribution in [0.1, 0.15) is 29.0 Å². The van der Waals surface area contributed by atoms with Crippen LogP contribution in [0.2, 0.25) is 5.02 Å². The normalized spacial score (nSPS) is 17.1. The average molecular weight is 532 g/mol. The summed E-state index contributed by atoms with van der Waals surface area (Å²) < 4.78 is 7.06. The molecule has 9 heteroatoms. The molecule has 2 atom stereocenters. The Hall–Kier alpha value is -3.72. The number of carbonyl (C=O) groups excluding carboxylic acids is 1. The van der Waals surface area contributed by atoms with Crippen LogP contribution in [-0.2, 0) is 9.53 Å². The standard InChI is InChI=1S/C28H26ClN5O2S/c1-18-16-21(12-13-22(18)29)33-15-5-7-24(33)27-26(23-6-3-4-14-30-23)32-28(37)34(27)20-10-8-19(9-11-20)31-25(35)17-36-2/h3-16,26-27H,17H2,1-2H3,(H,31,35)(H,32,37)/t26-,27+/m0/s1. The zero-order valence-corrected chi connectivity index (χ0v) is 22.0. The monoisotopic (exact) mass is 531 g/mol. The number of pyridine rings is 1. The lowest BCUT2D eigenvalue weighted by atomic mass is 10.0. The van der Waals surface area contributed by atoms with Gasteiger partial charge in [-0.25, -0.2) is 0 Å². The first kappa shape index (κ1) is 25.0. The molecule has 2 aromatic carbocycles. The molecule has 1 saturated heterocycles. The average Bonchev–Trinajstić information content (AvgIpc) is 3.51. The third-order valence-electron chi connectivity index (χ3n) is 6.31. The molecule has 2 N–H and O–H groups in total. The summed E-state index contributed by atoms with van der Waals surface area (Å²) in [5.41, 5.74) is 5.52. The van der Waals surface area contributed by atoms with E-state index in [1.165, 1.54) is 7.11 Å². The van der Waals surface area contributed by atoms with Crippen molar-refractivity contribution in [2.45, 2.75) is 19.0 Å². The van der Waals surface area contributed by atoms with Crippen molar-refractivity contribution in [1.29, 1.82) is 0 Å². The van der Waals surface area contributed by atoms with Gasteiger partial charge in [-0.1, -0.05) is 17.7 Å². The highest BCUT2D eigenvalue weighted by Gasteiger charge is 2.42. The Balaban J connectivity index is 1.57. The minimum atomic E-state index is -0.210. The number of hydrogen-bond acceptors (Lipinski definition) is 4. The molecule has 37 heavy (non-hydrogen) atoms. The van der Waals surface area contributed by atoms with E-state index >= 15 is 0 Å². The number of hydrogen-bond donors (Lipinski definition) is 2. The predicted molar refractivity (Wildman–Crippen MR) is 150 cm³/mol. The van der Waals surface area contributed by atoms with Crippen molar-refractivity contribution in [2.24, 2.45) is 0 Å². The molecule has 0 unspecified atom stereocenters. The highest BCUT2D eigenvalue weighted by atomic mass is 35.5. The van der Waals surface area contributed by atoms with E-state index in [-0.39, 0.29) is 24.6 Å². The molecule has 188 valence electrons. The molecule has 0 aliphatic carbocycles. The van der Waals surface area contributed by atoms with Gasteiger partial charge in [0.15, 0.2) is 5.11 Å². The number of aryl methyl sites for hydroxylation is 1. The van der Waals surface area contributed by atoms with Crippen LogP contribution < -0.4 is 15.5 Å². The molecule has 1 aliphatic rings. The van der Waals surface area contributed by atoms with Crippen molar-refractivity contribution in [3.8, 4) is 5.69 Å². The summed E-state index contributed by atoms with van der Waals surface area (Å²) in [5.74, 6) is -0.210. The Kier molecular flexibility index (Phi) is 7.23. The number of rotatable bonds is 7. The summed E-state index contributed by atoms with van der Waals surface area (Å²) in [5, 5.41) is 7.65. The maximum Gasteiger partial charge on any atom is 0.250 e. The van der Waals surface area contributed by atoms with E-state index in [0.29, 0.717) is 10.8 Å². The van der Waals surface area contributed by atoms with Crippen molar-refractivity contribution in [3.63, 3.8) is 0 Å². The largest absolute Gasteiger partial charge is 0.375 e. The van der Waals surface area contributed by atoms with Crippen LogP contribution in [0.5, 0.6) is 0 Å². The van der Waals surface area contributed by atoms with Crippen molar-refractivity contribution >= 4 is 46.2 Å². The number of methoxy groups -OCH3 is 1. The molecule has 4 aromatic rings. The molecule has 2 aromatic heterocycles. The minimum absolute atomic E-state index is 0.00310. The van der Waals surface area contributed by atoms with E-state index < -0.39 is 0 Å². The maximum absolute atomic E-state index is 11.9. The van der Waals surface area contributed by atoms with Crippen LogP contribution in [0.4, 0.5) is 11.4 Å². The van der Waals surface area contributed by atoms with Gasteiger partial charge in [0.2, 0.25) is 5.91 Å². The lowest BCUT2D eigenvalue weighted by molar-refractivity contribution is -0.119. The number of carbonyl (C=O) groups is 1. The first-order valence-electron chi connectivity index (χ1n) is 11.8. The summed E-state index contributed by atoms with van der Waals surface area (Å²) in [4.78, 5) is 18.7. The molecule has 0 bridgehead atoms. The molecule has 5 rings (SSSR count). The molecular formula is C28H26ClN5O2S. The number of amides is 1. The van der Waals surface area contributed by atoms with Gasteiger partial charge in [-0.3, -0.25) is 9.78 Å². The number of benzene rings is 2. The molecule has 1 amide bonds. The number of thiocarbonyl (C=S) groups is 1. The summed E-state index contributed by atoms with van der Waals surface area (Å²) in [6, 6.07) is 23.3. The van der Waals surface area contributed by atoms with Crippen molar-refractivity contribution in [3.05, 3.63) is 107 Å². The molecule has 1 fully saturated rings. The topological polar surface area (TPSA) is 71.4 Å². The molecule has 3 heterocycles. The fourth-order valence-corrected chi connectivity index (χ4v) is 5.08. The number of nitrogens with zero attached hydrogens (tertiary/aromatic N) is 3. The Bertz CT molecular complexity index is 1420. The van der Waals surface area contributed by atoms with Crippen LogP contribution in [0.15, 0.2) is 85.2 Å². The molecule has 0 spiro atoms. The number of halogens is 1. The SMILES string of the molecule is COCC(=O)Nc1ccc(N2C(=S)N[C@@H](c3ccccn3)[C@H]2c2cccn2-c2ccc(Cl)c(C)c2)cc1. The van der Waals surface area contributed by atoms with Gasteiger partial charge < -0.3 is 24.8 Å². The number of nitrogens with one attached hydrogen (secondary N) is 2. The first-order valence-corrected chi connectivity index (χ1v) is 12.6. The zero-order chi connectivity index (χ0) is 25.9. The van der Waals surface area contributed by atoms with Gasteiger partial charge in [-0.15, -0.1) is 0 Å². The lowest BCUT2D eigenvalue weighted by Gasteiger charge is -2.29. The van der Waals surface area contributed by atoms with Crippen molar-refractivity contribution in [1.82, 2.24) is 14.9 Å². The minimum Gasteiger partial charge on any atom is -0.375 e. The van der Waals surface area contributed by atoms with Crippen LogP contribution in [0.25, 0.3) is 5.69 Å². The Morgan fingerprint density at radius 1 is 1.11 bits per heavy atom. The predicted octanol–water partition coefficient (Wildman–Crippen LogP) is 5.60. The third-order valence-corrected chi connectivity index (χ3v) is 7.04. The zero-order valence-electron chi connectivity index (χ0n) is 20.4. The van der Waals surface area contributed by atoms with Crippen LogP contribution in [0.3, 0.4) is 0 Å². The van der Waals surface area contributed by atoms with Crippen LogP contribution >= 0.6 is 23.8 Å². The summed E-state index contributed by atoms with van der Waals surface area (Å²) in [7, 11) is 1.49. The fourth-order valence-electron chi connectivity index (χ4n) is 4.62. The van der Waals surface area contributed by atoms with Gasteiger partial charge in [-0.2, -0.15) is 0 Å². The van der Waals surface area contributed by atoms with E-state index in [9.17, 15) is 4.79 Å². The Labute approximate surface area is 226 Å². The lowest BCUT2D eigenvalue weighted by Crippen LogP contribution is -2.30. The molecule has 1 aliphatic heterocycles. The van der Waals surface area contributed by atoms with Crippen LogP contribution in [-0.4, -0.2) is 34.3 Å². The number of ether oxygens (including phenoxy) is 1. The van der Waals surface area contributed by atoms with Gasteiger partial charge in [-0.05, 0) is 91.4 Å². The molecular weight excluding hydrogens is 506 g/mol. The van der Waals surface area contributed by atoms with Gasteiger partial charge in [0.1, 0.15) is 12.6 Å². The quantitative estimate of drug-likeness (QED) is 0.303. The summed E-state index contributed by atoms with van der Waals surface area (Å²) in [6.45, 7) is 1.99. The van der Waals surface area contributed by atoms with Crippen LogP contribution in [0, 0.1) is 6.92 Å². The molecule has 0 saturated carbocycles. The highest BCUT2D eigenvalue weighted by Crippen LogP contribution is 2.42.